The SMILES string of the molecule is COc1ccc(CN(Cc2ccccc2)Cc2ccc(C(=O)N3CCN(Cc4ccc5c(c4)OCO5)CC3)o2)cc1. The minimum Gasteiger partial charge on any atom is -0.497 e. The molecule has 0 aliphatic carbocycles. The molecule has 0 radical (unpaired) electrons. The molecule has 1 fully saturated rings. The molecule has 2 aliphatic heterocycles. The first-order chi connectivity index (χ1) is 20.1. The predicted octanol–water partition coefficient (Wildman–Crippen LogP) is 5.18. The topological polar surface area (TPSA) is 67.6 Å². The van der Waals surface area contributed by atoms with E-state index in [-0.39, 0.29) is 12.7 Å². The van der Waals surface area contributed by atoms with Gasteiger partial charge < -0.3 is 23.5 Å². The standard InChI is InChI=1S/C33H35N3O5/c1-38-28-10-7-26(8-11-28)21-35(20-25-5-3-2-4-6-25)23-29-12-14-31(41-29)33(37)36-17-15-34(16-18-36)22-27-9-13-30-32(19-27)40-24-39-30/h2-14,19H,15-18,20-24H2,1H3. The van der Waals surface area contributed by atoms with Gasteiger partial charge in [0.2, 0.25) is 6.79 Å². The summed E-state index contributed by atoms with van der Waals surface area (Å²) in [6, 6.07) is 28.3. The maximum atomic E-state index is 13.3. The monoisotopic (exact) mass is 553 g/mol. The Labute approximate surface area is 240 Å². The maximum absolute atomic E-state index is 13.3. The van der Waals surface area contributed by atoms with Crippen molar-refractivity contribution in [1.82, 2.24) is 14.7 Å². The number of piperazine rings is 1. The predicted molar refractivity (Wildman–Crippen MR) is 155 cm³/mol. The smallest absolute Gasteiger partial charge is 0.289 e. The number of carbonyl (C=O) groups excluding carboxylic acids is 1. The fraction of sp³-hybridized carbons (Fsp3) is 0.303. The molecule has 0 N–H and O–H groups in total. The van der Waals surface area contributed by atoms with E-state index < -0.39 is 0 Å². The van der Waals surface area contributed by atoms with Crippen molar-refractivity contribution in [3.8, 4) is 17.2 Å². The quantitative estimate of drug-likeness (QED) is 0.268. The van der Waals surface area contributed by atoms with Crippen molar-refractivity contribution in [1.29, 1.82) is 0 Å². The molecule has 1 saturated heterocycles. The van der Waals surface area contributed by atoms with Crippen LogP contribution < -0.4 is 14.2 Å². The lowest BCUT2D eigenvalue weighted by Crippen LogP contribution is -2.48. The average Bonchev–Trinajstić information content (AvgIpc) is 3.68. The van der Waals surface area contributed by atoms with Gasteiger partial charge in [0.15, 0.2) is 17.3 Å². The molecule has 1 aromatic heterocycles. The Morgan fingerprint density at radius 1 is 0.780 bits per heavy atom. The number of ether oxygens (including phenoxy) is 3. The summed E-state index contributed by atoms with van der Waals surface area (Å²) in [7, 11) is 1.67. The van der Waals surface area contributed by atoms with Crippen LogP contribution in [-0.4, -0.2) is 60.7 Å². The molecule has 6 rings (SSSR count). The van der Waals surface area contributed by atoms with Gasteiger partial charge in [0.1, 0.15) is 11.5 Å². The molecule has 0 saturated carbocycles. The van der Waals surface area contributed by atoms with Crippen LogP contribution in [0, 0.1) is 0 Å². The summed E-state index contributed by atoms with van der Waals surface area (Å²) >= 11 is 0. The van der Waals surface area contributed by atoms with E-state index in [0.717, 1.165) is 55.7 Å². The van der Waals surface area contributed by atoms with Crippen molar-refractivity contribution in [2.45, 2.75) is 26.2 Å². The highest BCUT2D eigenvalue weighted by atomic mass is 16.7. The summed E-state index contributed by atoms with van der Waals surface area (Å²) in [4.78, 5) is 19.9. The van der Waals surface area contributed by atoms with Crippen LogP contribution in [-0.2, 0) is 26.2 Å². The van der Waals surface area contributed by atoms with Crippen LogP contribution >= 0.6 is 0 Å². The van der Waals surface area contributed by atoms with Gasteiger partial charge >= 0.3 is 0 Å². The normalized spacial score (nSPS) is 14.9. The third kappa shape index (κ3) is 6.73. The molecule has 212 valence electrons. The molecule has 0 atom stereocenters. The number of rotatable bonds is 10. The van der Waals surface area contributed by atoms with Crippen LogP contribution in [0.25, 0.3) is 0 Å². The second-order valence-corrected chi connectivity index (χ2v) is 10.5. The Balaban J connectivity index is 1.06. The highest BCUT2D eigenvalue weighted by molar-refractivity contribution is 5.91. The summed E-state index contributed by atoms with van der Waals surface area (Å²) < 4.78 is 22.3. The molecule has 0 spiro atoms. The average molecular weight is 554 g/mol. The van der Waals surface area contributed by atoms with Gasteiger partial charge in [-0.25, -0.2) is 0 Å². The summed E-state index contributed by atoms with van der Waals surface area (Å²) in [5.74, 6) is 3.56. The first kappa shape index (κ1) is 26.9. The van der Waals surface area contributed by atoms with Gasteiger partial charge in [-0.05, 0) is 53.1 Å². The minimum atomic E-state index is -0.0521. The lowest BCUT2D eigenvalue weighted by Gasteiger charge is -2.34. The molecule has 4 aromatic rings. The van der Waals surface area contributed by atoms with Crippen molar-refractivity contribution in [2.24, 2.45) is 0 Å². The summed E-state index contributed by atoms with van der Waals surface area (Å²) in [5.41, 5.74) is 3.59. The zero-order valence-electron chi connectivity index (χ0n) is 23.3. The number of methoxy groups -OCH3 is 1. The Bertz CT molecular complexity index is 1450. The van der Waals surface area contributed by atoms with Crippen molar-refractivity contribution in [3.05, 3.63) is 113 Å². The lowest BCUT2D eigenvalue weighted by molar-refractivity contribution is 0.0594. The molecule has 8 heteroatoms. The van der Waals surface area contributed by atoms with E-state index in [9.17, 15) is 4.79 Å². The number of amides is 1. The van der Waals surface area contributed by atoms with E-state index in [1.165, 1.54) is 16.7 Å². The molecular weight excluding hydrogens is 518 g/mol. The second-order valence-electron chi connectivity index (χ2n) is 10.5. The van der Waals surface area contributed by atoms with Crippen LogP contribution in [0.15, 0.2) is 89.3 Å². The third-order valence-corrected chi connectivity index (χ3v) is 7.57. The van der Waals surface area contributed by atoms with E-state index in [1.54, 1.807) is 7.11 Å². The Kier molecular flexibility index (Phi) is 8.21. The van der Waals surface area contributed by atoms with Gasteiger partial charge in [0.05, 0.1) is 13.7 Å². The third-order valence-electron chi connectivity index (χ3n) is 7.57. The van der Waals surface area contributed by atoms with Gasteiger partial charge in [-0.2, -0.15) is 0 Å². The first-order valence-electron chi connectivity index (χ1n) is 14.0. The van der Waals surface area contributed by atoms with Crippen LogP contribution in [0.3, 0.4) is 0 Å². The first-order valence-corrected chi connectivity index (χ1v) is 14.0. The van der Waals surface area contributed by atoms with Crippen molar-refractivity contribution in [3.63, 3.8) is 0 Å². The molecule has 3 heterocycles. The fourth-order valence-electron chi connectivity index (χ4n) is 5.36. The largest absolute Gasteiger partial charge is 0.497 e. The number of furan rings is 1. The van der Waals surface area contributed by atoms with Crippen LogP contribution in [0.4, 0.5) is 0 Å². The van der Waals surface area contributed by atoms with Gasteiger partial charge in [-0.15, -0.1) is 0 Å². The Morgan fingerprint density at radius 2 is 1.49 bits per heavy atom. The van der Waals surface area contributed by atoms with E-state index in [0.29, 0.717) is 25.4 Å². The number of hydrogen-bond acceptors (Lipinski definition) is 7. The zero-order chi connectivity index (χ0) is 28.0. The van der Waals surface area contributed by atoms with E-state index in [1.807, 2.05) is 47.4 Å². The van der Waals surface area contributed by atoms with E-state index in [2.05, 4.69) is 52.3 Å². The van der Waals surface area contributed by atoms with Gasteiger partial charge in [0.25, 0.3) is 5.91 Å². The van der Waals surface area contributed by atoms with Gasteiger partial charge in [-0.1, -0.05) is 48.5 Å². The van der Waals surface area contributed by atoms with Crippen molar-refractivity contribution >= 4 is 5.91 Å². The molecule has 3 aromatic carbocycles. The van der Waals surface area contributed by atoms with Crippen LogP contribution in [0.1, 0.15) is 33.0 Å². The van der Waals surface area contributed by atoms with Gasteiger partial charge in [0, 0.05) is 45.8 Å². The summed E-state index contributed by atoms with van der Waals surface area (Å²) in [6.45, 7) is 6.14. The van der Waals surface area contributed by atoms with Crippen molar-refractivity contribution < 1.29 is 23.4 Å². The highest BCUT2D eigenvalue weighted by Crippen LogP contribution is 2.33. The van der Waals surface area contributed by atoms with Crippen LogP contribution in [0.2, 0.25) is 0 Å². The molecule has 0 bridgehead atoms. The molecule has 41 heavy (non-hydrogen) atoms. The molecule has 1 amide bonds. The second kappa shape index (κ2) is 12.5. The summed E-state index contributed by atoms with van der Waals surface area (Å²) in [6.07, 6.45) is 0. The highest BCUT2D eigenvalue weighted by Gasteiger charge is 2.25. The number of nitrogens with zero attached hydrogens (tertiary/aromatic N) is 3. The Hall–Kier alpha value is -4.27. The number of benzene rings is 3. The number of carbonyl (C=O) groups is 1. The number of hydrogen-bond donors (Lipinski definition) is 0. The van der Waals surface area contributed by atoms with Crippen LogP contribution in [0.5, 0.6) is 17.2 Å². The van der Waals surface area contributed by atoms with E-state index >= 15 is 0 Å². The molecular formula is C33H35N3O5. The summed E-state index contributed by atoms with van der Waals surface area (Å²) in [5, 5.41) is 0. The van der Waals surface area contributed by atoms with Crippen molar-refractivity contribution in [2.75, 3.05) is 40.1 Å². The van der Waals surface area contributed by atoms with E-state index in [4.69, 9.17) is 18.6 Å². The fourth-order valence-corrected chi connectivity index (χ4v) is 5.36. The zero-order valence-corrected chi connectivity index (χ0v) is 23.3. The maximum Gasteiger partial charge on any atom is 0.289 e. The Morgan fingerprint density at radius 3 is 2.24 bits per heavy atom. The molecule has 8 nitrogen and oxygen atoms in total. The van der Waals surface area contributed by atoms with Gasteiger partial charge in [-0.3, -0.25) is 14.6 Å². The lowest BCUT2D eigenvalue weighted by atomic mass is 10.1. The number of fused-ring (bicyclic) bond motifs is 1. The minimum absolute atomic E-state index is 0.0521. The molecule has 0 unspecified atom stereocenters. The molecule has 2 aliphatic rings.